The number of fused-ring (bicyclic) bond motifs is 5. The Morgan fingerprint density at radius 2 is 1.93 bits per heavy atom. The molecule has 4 rings (SSSR count). The Bertz CT molecular complexity index is 867. The van der Waals surface area contributed by atoms with Crippen molar-refractivity contribution in [2.75, 3.05) is 6.61 Å². The van der Waals surface area contributed by atoms with Gasteiger partial charge in [0.05, 0.1) is 6.61 Å². The second-order valence-electron chi connectivity index (χ2n) is 10.8. The lowest BCUT2D eigenvalue weighted by Gasteiger charge is -2.64. The molecule has 1 aromatic rings. The molecule has 0 aromatic carbocycles. The molecule has 0 radical (unpaired) electrons. The van der Waals surface area contributed by atoms with Gasteiger partial charge in [-0.15, -0.1) is 0 Å². The number of nitrogens with zero attached hydrogens (tertiary/aromatic N) is 1. The molecule has 2 saturated carbocycles. The van der Waals surface area contributed by atoms with Crippen LogP contribution < -0.4 is 4.57 Å². The van der Waals surface area contributed by atoms with Crippen molar-refractivity contribution in [1.29, 1.82) is 0 Å². The predicted octanol–water partition coefficient (Wildman–Crippen LogP) is 4.05. The van der Waals surface area contributed by atoms with Crippen LogP contribution in [0.15, 0.2) is 18.5 Å². The largest absolute Gasteiger partial charge is 0.477 e. The van der Waals surface area contributed by atoms with E-state index in [0.717, 1.165) is 32.1 Å². The Labute approximate surface area is 179 Å². The summed E-state index contributed by atoms with van der Waals surface area (Å²) < 4.78 is 7.35. The summed E-state index contributed by atoms with van der Waals surface area (Å²) in [5.74, 6) is 0.189. The maximum absolute atomic E-state index is 11.5. The van der Waals surface area contributed by atoms with E-state index >= 15 is 0 Å². The Morgan fingerprint density at radius 3 is 2.63 bits per heavy atom. The summed E-state index contributed by atoms with van der Waals surface area (Å²) in [6, 6.07) is 2.19. The second-order valence-corrected chi connectivity index (χ2v) is 10.8. The van der Waals surface area contributed by atoms with Crippen LogP contribution in [0.4, 0.5) is 0 Å². The molecule has 0 saturated heterocycles. The fourth-order valence-electron chi connectivity index (χ4n) is 7.77. The lowest BCUT2D eigenvalue weighted by molar-refractivity contribution is -0.686. The Hall–Kier alpha value is -1.91. The SMILES string of the molecule is CC(=O)OC[C@@]1(C)CCC[C@@]2(C)C1CC[C@@]1(C)c3cc[n+](CC(=O)O)cc3CCC21. The lowest BCUT2D eigenvalue weighted by Crippen LogP contribution is -2.59. The van der Waals surface area contributed by atoms with Gasteiger partial charge in [0.2, 0.25) is 6.54 Å². The fraction of sp³-hybridized carbons (Fsp3) is 0.720. The molecule has 5 atom stereocenters. The maximum atomic E-state index is 11.5. The van der Waals surface area contributed by atoms with Crippen LogP contribution in [0.25, 0.3) is 0 Å². The predicted molar refractivity (Wildman–Crippen MR) is 113 cm³/mol. The first-order valence-corrected chi connectivity index (χ1v) is 11.5. The van der Waals surface area contributed by atoms with Crippen LogP contribution in [0.3, 0.4) is 0 Å². The molecule has 2 unspecified atom stereocenters. The number of carbonyl (C=O) groups is 2. The number of aryl methyl sites for hydroxylation is 1. The number of rotatable bonds is 4. The summed E-state index contributed by atoms with van der Waals surface area (Å²) in [7, 11) is 0. The van der Waals surface area contributed by atoms with Gasteiger partial charge in [0.25, 0.3) is 0 Å². The first-order chi connectivity index (χ1) is 14.1. The van der Waals surface area contributed by atoms with E-state index in [1.807, 2.05) is 6.20 Å². The first-order valence-electron chi connectivity index (χ1n) is 11.5. The van der Waals surface area contributed by atoms with E-state index in [-0.39, 0.29) is 28.8 Å². The molecule has 164 valence electrons. The molecule has 30 heavy (non-hydrogen) atoms. The highest BCUT2D eigenvalue weighted by molar-refractivity contribution is 5.66. The molecule has 1 heterocycles. The highest BCUT2D eigenvalue weighted by atomic mass is 16.5. The minimum absolute atomic E-state index is 0.0156. The van der Waals surface area contributed by atoms with E-state index in [2.05, 4.69) is 33.0 Å². The van der Waals surface area contributed by atoms with Gasteiger partial charge >= 0.3 is 11.9 Å². The molecule has 3 aliphatic rings. The summed E-state index contributed by atoms with van der Waals surface area (Å²) in [5.41, 5.74) is 3.16. The van der Waals surface area contributed by atoms with Crippen molar-refractivity contribution in [3.8, 4) is 0 Å². The topological polar surface area (TPSA) is 67.5 Å². The maximum Gasteiger partial charge on any atom is 0.370 e. The van der Waals surface area contributed by atoms with Crippen LogP contribution >= 0.6 is 0 Å². The number of aromatic nitrogens is 1. The number of hydrogen-bond donors (Lipinski definition) is 1. The highest BCUT2D eigenvalue weighted by Crippen LogP contribution is 2.66. The average molecular weight is 415 g/mol. The number of ether oxygens (including phenoxy) is 1. The third kappa shape index (κ3) is 3.34. The zero-order valence-electron chi connectivity index (χ0n) is 18.9. The smallest absolute Gasteiger partial charge is 0.370 e. The van der Waals surface area contributed by atoms with Crippen LogP contribution in [-0.4, -0.2) is 23.7 Å². The number of carboxylic acids is 1. The number of carbonyl (C=O) groups excluding carboxylic acids is 1. The van der Waals surface area contributed by atoms with Crippen LogP contribution in [0.1, 0.15) is 77.3 Å². The van der Waals surface area contributed by atoms with E-state index in [1.54, 1.807) is 4.57 Å². The van der Waals surface area contributed by atoms with Crippen molar-refractivity contribution in [3.63, 3.8) is 0 Å². The van der Waals surface area contributed by atoms with E-state index in [9.17, 15) is 9.59 Å². The van der Waals surface area contributed by atoms with E-state index < -0.39 is 5.97 Å². The van der Waals surface area contributed by atoms with Crippen molar-refractivity contribution in [3.05, 3.63) is 29.6 Å². The van der Waals surface area contributed by atoms with Gasteiger partial charge in [-0.3, -0.25) is 4.79 Å². The van der Waals surface area contributed by atoms with Gasteiger partial charge in [0.15, 0.2) is 12.4 Å². The minimum Gasteiger partial charge on any atom is -0.477 e. The summed E-state index contributed by atoms with van der Waals surface area (Å²) in [6.07, 6.45) is 12.0. The summed E-state index contributed by atoms with van der Waals surface area (Å²) in [5, 5.41) is 9.15. The second kappa shape index (κ2) is 7.35. The van der Waals surface area contributed by atoms with Gasteiger partial charge in [-0.25, -0.2) is 4.79 Å². The van der Waals surface area contributed by atoms with Crippen LogP contribution in [0.2, 0.25) is 0 Å². The van der Waals surface area contributed by atoms with Gasteiger partial charge in [0, 0.05) is 24.0 Å². The zero-order valence-corrected chi connectivity index (χ0v) is 18.9. The molecule has 3 aliphatic carbocycles. The van der Waals surface area contributed by atoms with E-state index in [4.69, 9.17) is 9.84 Å². The van der Waals surface area contributed by atoms with Crippen molar-refractivity contribution >= 4 is 11.9 Å². The Kier molecular flexibility index (Phi) is 5.22. The van der Waals surface area contributed by atoms with Crippen LogP contribution in [0.5, 0.6) is 0 Å². The summed E-state index contributed by atoms with van der Waals surface area (Å²) >= 11 is 0. The third-order valence-electron chi connectivity index (χ3n) is 8.96. The lowest BCUT2D eigenvalue weighted by atomic mass is 9.40. The standard InChI is InChI=1S/C25H35NO4/c1-17(27)30-16-23(2)10-5-11-25(4)20(23)8-12-24(3)19-9-13-26(15-22(28)29)14-18(19)6-7-21(24)25/h9,13-14,20-21H,5-8,10-12,15-16H2,1-4H3/p+1/t20?,21?,23-,24+,25+/m1/s1. The quantitative estimate of drug-likeness (QED) is 0.596. The minimum atomic E-state index is -0.804. The molecule has 0 spiro atoms. The fourth-order valence-corrected chi connectivity index (χ4v) is 7.77. The van der Waals surface area contributed by atoms with Gasteiger partial charge in [-0.2, -0.15) is 4.57 Å². The Morgan fingerprint density at radius 1 is 1.17 bits per heavy atom. The van der Waals surface area contributed by atoms with Crippen molar-refractivity contribution < 1.29 is 24.0 Å². The average Bonchev–Trinajstić information content (AvgIpc) is 2.65. The number of carboxylic acid groups (broad SMARTS) is 1. The first kappa shape index (κ1) is 21.3. The molecule has 0 amide bonds. The molecular formula is C25H36NO4+. The molecule has 0 bridgehead atoms. The van der Waals surface area contributed by atoms with E-state index in [0.29, 0.717) is 18.4 Å². The van der Waals surface area contributed by atoms with Crippen molar-refractivity contribution in [2.24, 2.45) is 22.7 Å². The third-order valence-corrected chi connectivity index (χ3v) is 8.96. The zero-order chi connectivity index (χ0) is 21.7. The molecule has 1 aromatic heterocycles. The van der Waals surface area contributed by atoms with Crippen molar-refractivity contribution in [1.82, 2.24) is 0 Å². The van der Waals surface area contributed by atoms with Crippen molar-refractivity contribution in [2.45, 2.75) is 84.6 Å². The molecule has 1 N–H and O–H groups in total. The molecule has 2 fully saturated rings. The van der Waals surface area contributed by atoms with Gasteiger partial charge < -0.3 is 9.84 Å². The monoisotopic (exact) mass is 414 g/mol. The molecular weight excluding hydrogens is 378 g/mol. The molecule has 5 heteroatoms. The number of esters is 1. The highest BCUT2D eigenvalue weighted by Gasteiger charge is 2.61. The van der Waals surface area contributed by atoms with E-state index in [1.165, 1.54) is 30.9 Å². The summed E-state index contributed by atoms with van der Waals surface area (Å²) in [4.78, 5) is 22.6. The molecule has 0 aliphatic heterocycles. The van der Waals surface area contributed by atoms with Gasteiger partial charge in [-0.05, 0) is 66.8 Å². The number of pyridine rings is 1. The van der Waals surface area contributed by atoms with Gasteiger partial charge in [-0.1, -0.05) is 27.2 Å². The summed E-state index contributed by atoms with van der Waals surface area (Å²) in [6.45, 7) is 9.35. The number of aliphatic carboxylic acids is 1. The Balaban J connectivity index is 1.66. The molecule has 5 nitrogen and oxygen atoms in total. The normalized spacial score (nSPS) is 37.5. The van der Waals surface area contributed by atoms with Crippen LogP contribution in [0, 0.1) is 22.7 Å². The van der Waals surface area contributed by atoms with Crippen LogP contribution in [-0.2, 0) is 32.7 Å². The van der Waals surface area contributed by atoms with Gasteiger partial charge in [0.1, 0.15) is 0 Å². The number of hydrogen-bond acceptors (Lipinski definition) is 3.